The van der Waals surface area contributed by atoms with Crippen molar-refractivity contribution in [2.45, 2.75) is 26.1 Å². The standard InChI is InChI=1S/C21H24N2O3/c1-3-4-15-6-8-19(20(10-15)25-2)26-14-21(24)23-11-16-5-7-17-12-22-13-18(17)9-16/h3,5-10,22H,1,4,11-14H2,2H3,(H,23,24). The molecule has 0 atom stereocenters. The predicted octanol–water partition coefficient (Wildman–Crippen LogP) is 2.72. The summed E-state index contributed by atoms with van der Waals surface area (Å²) in [7, 11) is 1.59. The van der Waals surface area contributed by atoms with E-state index >= 15 is 0 Å². The fourth-order valence-corrected chi connectivity index (χ4v) is 2.98. The number of rotatable bonds is 8. The van der Waals surface area contributed by atoms with Crippen LogP contribution in [-0.4, -0.2) is 19.6 Å². The quantitative estimate of drug-likeness (QED) is 0.717. The number of allylic oxidation sites excluding steroid dienone is 1. The van der Waals surface area contributed by atoms with Crippen LogP contribution in [0.4, 0.5) is 0 Å². The lowest BCUT2D eigenvalue weighted by atomic mass is 10.1. The molecule has 5 heteroatoms. The molecule has 2 aromatic rings. The molecule has 0 spiro atoms. The Balaban J connectivity index is 1.51. The fraction of sp³-hybridized carbons (Fsp3) is 0.286. The van der Waals surface area contributed by atoms with E-state index in [4.69, 9.17) is 9.47 Å². The van der Waals surface area contributed by atoms with Crippen molar-refractivity contribution >= 4 is 5.91 Å². The smallest absolute Gasteiger partial charge is 0.258 e. The number of methoxy groups -OCH3 is 1. The molecule has 1 aliphatic heterocycles. The number of fused-ring (bicyclic) bond motifs is 1. The molecule has 0 aromatic heterocycles. The second-order valence-corrected chi connectivity index (χ2v) is 6.25. The summed E-state index contributed by atoms with van der Waals surface area (Å²) in [6.45, 7) is 5.98. The molecule has 1 heterocycles. The summed E-state index contributed by atoms with van der Waals surface area (Å²) in [6, 6.07) is 12.0. The largest absolute Gasteiger partial charge is 0.493 e. The number of carbonyl (C=O) groups excluding carboxylic acids is 1. The number of hydrogen-bond donors (Lipinski definition) is 2. The minimum absolute atomic E-state index is 0.0519. The first kappa shape index (κ1) is 18.0. The Labute approximate surface area is 154 Å². The summed E-state index contributed by atoms with van der Waals surface area (Å²) in [5.74, 6) is 1.00. The molecule has 0 aliphatic carbocycles. The van der Waals surface area contributed by atoms with E-state index < -0.39 is 0 Å². The summed E-state index contributed by atoms with van der Waals surface area (Å²) in [6.07, 6.45) is 2.59. The minimum atomic E-state index is -0.166. The molecule has 136 valence electrons. The van der Waals surface area contributed by atoms with Crippen LogP contribution in [0.1, 0.15) is 22.3 Å². The summed E-state index contributed by atoms with van der Waals surface area (Å²) in [5, 5.41) is 6.21. The van der Waals surface area contributed by atoms with E-state index in [0.29, 0.717) is 18.0 Å². The lowest BCUT2D eigenvalue weighted by molar-refractivity contribution is -0.123. The van der Waals surface area contributed by atoms with Gasteiger partial charge in [0.1, 0.15) is 0 Å². The van der Waals surface area contributed by atoms with E-state index in [2.05, 4.69) is 29.3 Å². The van der Waals surface area contributed by atoms with Crippen LogP contribution < -0.4 is 20.1 Å². The van der Waals surface area contributed by atoms with Gasteiger partial charge in [-0.2, -0.15) is 0 Å². The maximum atomic E-state index is 12.1. The Bertz CT molecular complexity index is 802. The molecule has 0 radical (unpaired) electrons. The fourth-order valence-electron chi connectivity index (χ4n) is 2.98. The second kappa shape index (κ2) is 8.54. The molecule has 0 fully saturated rings. The average Bonchev–Trinajstić information content (AvgIpc) is 3.13. The van der Waals surface area contributed by atoms with Gasteiger partial charge < -0.3 is 20.1 Å². The third-order valence-corrected chi connectivity index (χ3v) is 4.36. The van der Waals surface area contributed by atoms with E-state index in [1.54, 1.807) is 7.11 Å². The van der Waals surface area contributed by atoms with Gasteiger partial charge in [0.25, 0.3) is 5.91 Å². The zero-order chi connectivity index (χ0) is 18.4. The number of hydrogen-bond acceptors (Lipinski definition) is 4. The van der Waals surface area contributed by atoms with Crippen LogP contribution in [0.3, 0.4) is 0 Å². The van der Waals surface area contributed by atoms with Crippen molar-refractivity contribution in [2.75, 3.05) is 13.7 Å². The monoisotopic (exact) mass is 352 g/mol. The summed E-state index contributed by atoms with van der Waals surface area (Å²) < 4.78 is 11.0. The number of carbonyl (C=O) groups is 1. The van der Waals surface area contributed by atoms with Crippen molar-refractivity contribution < 1.29 is 14.3 Å². The van der Waals surface area contributed by atoms with Gasteiger partial charge in [0.15, 0.2) is 18.1 Å². The zero-order valence-corrected chi connectivity index (χ0v) is 15.0. The Hall–Kier alpha value is -2.79. The third-order valence-electron chi connectivity index (χ3n) is 4.36. The lowest BCUT2D eigenvalue weighted by Crippen LogP contribution is -2.28. The molecule has 2 N–H and O–H groups in total. The molecule has 26 heavy (non-hydrogen) atoms. The number of nitrogens with one attached hydrogen (secondary N) is 2. The Morgan fingerprint density at radius 3 is 2.77 bits per heavy atom. The van der Waals surface area contributed by atoms with Gasteiger partial charge >= 0.3 is 0 Å². The molecule has 0 saturated carbocycles. The molecule has 0 saturated heterocycles. The Kier molecular flexibility index (Phi) is 5.92. The van der Waals surface area contributed by atoms with Crippen LogP contribution >= 0.6 is 0 Å². The summed E-state index contributed by atoms with van der Waals surface area (Å²) in [4.78, 5) is 12.1. The highest BCUT2D eigenvalue weighted by Crippen LogP contribution is 2.28. The molecule has 0 bridgehead atoms. The van der Waals surface area contributed by atoms with Gasteiger partial charge in [0, 0.05) is 19.6 Å². The van der Waals surface area contributed by atoms with Gasteiger partial charge in [-0.3, -0.25) is 4.79 Å². The van der Waals surface area contributed by atoms with Crippen molar-refractivity contribution in [2.24, 2.45) is 0 Å². The van der Waals surface area contributed by atoms with E-state index in [0.717, 1.165) is 30.6 Å². The number of ether oxygens (including phenoxy) is 2. The van der Waals surface area contributed by atoms with Gasteiger partial charge in [0.05, 0.1) is 7.11 Å². The van der Waals surface area contributed by atoms with Crippen molar-refractivity contribution in [1.29, 1.82) is 0 Å². The number of benzene rings is 2. The normalized spacial score (nSPS) is 12.3. The highest BCUT2D eigenvalue weighted by atomic mass is 16.5. The maximum absolute atomic E-state index is 12.1. The van der Waals surface area contributed by atoms with Crippen molar-refractivity contribution in [1.82, 2.24) is 10.6 Å². The van der Waals surface area contributed by atoms with E-state index in [-0.39, 0.29) is 12.5 Å². The van der Waals surface area contributed by atoms with Gasteiger partial charge in [-0.1, -0.05) is 30.3 Å². The molecule has 2 aromatic carbocycles. The molecule has 3 rings (SSSR count). The van der Waals surface area contributed by atoms with Crippen LogP contribution in [-0.2, 0) is 30.8 Å². The van der Waals surface area contributed by atoms with Gasteiger partial charge in [0.2, 0.25) is 0 Å². The van der Waals surface area contributed by atoms with Crippen molar-refractivity contribution in [3.05, 3.63) is 71.3 Å². The first-order chi connectivity index (χ1) is 12.7. The molecular formula is C21H24N2O3. The molecule has 5 nitrogen and oxygen atoms in total. The van der Waals surface area contributed by atoms with Crippen LogP contribution in [0.25, 0.3) is 0 Å². The first-order valence-corrected chi connectivity index (χ1v) is 8.68. The SMILES string of the molecule is C=CCc1ccc(OCC(=O)NCc2ccc3c(c2)CNC3)c(OC)c1. The van der Waals surface area contributed by atoms with Crippen LogP contribution in [0, 0.1) is 0 Å². The van der Waals surface area contributed by atoms with Gasteiger partial charge in [-0.05, 0) is 40.8 Å². The Morgan fingerprint density at radius 2 is 1.96 bits per heavy atom. The lowest BCUT2D eigenvalue weighted by Gasteiger charge is -2.12. The second-order valence-electron chi connectivity index (χ2n) is 6.25. The summed E-state index contributed by atoms with van der Waals surface area (Å²) >= 11 is 0. The topological polar surface area (TPSA) is 59.6 Å². The molecule has 1 amide bonds. The number of amides is 1. The van der Waals surface area contributed by atoms with Crippen LogP contribution in [0.15, 0.2) is 49.1 Å². The zero-order valence-electron chi connectivity index (χ0n) is 15.0. The highest BCUT2D eigenvalue weighted by Gasteiger charge is 2.11. The van der Waals surface area contributed by atoms with Crippen molar-refractivity contribution in [3.63, 3.8) is 0 Å². The van der Waals surface area contributed by atoms with Crippen LogP contribution in [0.2, 0.25) is 0 Å². The summed E-state index contributed by atoms with van der Waals surface area (Å²) in [5.41, 5.74) is 4.81. The maximum Gasteiger partial charge on any atom is 0.258 e. The van der Waals surface area contributed by atoms with Crippen molar-refractivity contribution in [3.8, 4) is 11.5 Å². The third kappa shape index (κ3) is 4.43. The van der Waals surface area contributed by atoms with E-state index in [1.807, 2.05) is 30.3 Å². The predicted molar refractivity (Wildman–Crippen MR) is 101 cm³/mol. The van der Waals surface area contributed by atoms with E-state index in [9.17, 15) is 4.79 Å². The molecule has 1 aliphatic rings. The van der Waals surface area contributed by atoms with Gasteiger partial charge in [-0.15, -0.1) is 6.58 Å². The van der Waals surface area contributed by atoms with Gasteiger partial charge in [-0.25, -0.2) is 0 Å². The molecule has 0 unspecified atom stereocenters. The van der Waals surface area contributed by atoms with E-state index in [1.165, 1.54) is 11.1 Å². The average molecular weight is 352 g/mol. The highest BCUT2D eigenvalue weighted by molar-refractivity contribution is 5.77. The minimum Gasteiger partial charge on any atom is -0.493 e. The Morgan fingerprint density at radius 1 is 1.15 bits per heavy atom. The molecular weight excluding hydrogens is 328 g/mol. The first-order valence-electron chi connectivity index (χ1n) is 8.68. The van der Waals surface area contributed by atoms with Crippen LogP contribution in [0.5, 0.6) is 11.5 Å².